The van der Waals surface area contributed by atoms with E-state index < -0.39 is 15.3 Å². The van der Waals surface area contributed by atoms with Crippen molar-refractivity contribution < 1.29 is 17.9 Å². The predicted molar refractivity (Wildman–Crippen MR) is 129 cm³/mol. The van der Waals surface area contributed by atoms with Crippen LogP contribution < -0.4 is 20.9 Å². The van der Waals surface area contributed by atoms with Crippen molar-refractivity contribution in [3.05, 3.63) is 0 Å². The number of hydrogen-bond donors (Lipinski definition) is 4. The number of nitrogens with one attached hydrogen (secondary N) is 4. The number of methoxy groups -OCH3 is 2. The van der Waals surface area contributed by atoms with Crippen molar-refractivity contribution in [3.8, 4) is 0 Å². The maximum Gasteiger partial charge on any atom is 0.217 e. The van der Waals surface area contributed by atoms with Gasteiger partial charge in [0.05, 0.1) is 23.9 Å². The Bertz CT molecular complexity index is 826. The van der Waals surface area contributed by atoms with Gasteiger partial charge in [-0.2, -0.15) is 0 Å². The number of ether oxygens (including phenoxy) is 2. The maximum absolute atomic E-state index is 13.5. The fourth-order valence-electron chi connectivity index (χ4n) is 6.74. The summed E-state index contributed by atoms with van der Waals surface area (Å²) in [5.41, 5.74) is 6.72. The zero-order chi connectivity index (χ0) is 24.1. The first-order chi connectivity index (χ1) is 16.2. The Labute approximate surface area is 204 Å². The zero-order valence-electron chi connectivity index (χ0n) is 21.0. The van der Waals surface area contributed by atoms with E-state index in [9.17, 15) is 8.42 Å². The number of likely N-dealkylation sites (N-methyl/N-ethyl adjacent to an activating group) is 1. The molecular formula is C22H43N7O4S. The Morgan fingerprint density at radius 1 is 1.09 bits per heavy atom. The molecule has 0 aromatic heterocycles. The highest BCUT2D eigenvalue weighted by atomic mass is 32.2. The lowest BCUT2D eigenvalue weighted by molar-refractivity contribution is -0.134. The van der Waals surface area contributed by atoms with Gasteiger partial charge in [-0.05, 0) is 45.1 Å². The van der Waals surface area contributed by atoms with Gasteiger partial charge in [0.15, 0.2) is 0 Å². The molecule has 34 heavy (non-hydrogen) atoms. The van der Waals surface area contributed by atoms with Crippen molar-refractivity contribution >= 4 is 10.0 Å². The molecule has 0 amide bonds. The van der Waals surface area contributed by atoms with E-state index >= 15 is 0 Å². The van der Waals surface area contributed by atoms with Crippen LogP contribution in [0.5, 0.6) is 0 Å². The molecule has 196 valence electrons. The molecule has 1 aliphatic carbocycles. The van der Waals surface area contributed by atoms with Gasteiger partial charge in [0.25, 0.3) is 0 Å². The van der Waals surface area contributed by atoms with Gasteiger partial charge >= 0.3 is 0 Å². The Balaban J connectivity index is 1.19. The fourth-order valence-corrected chi connectivity index (χ4v) is 8.26. The largest absolute Gasteiger partial charge is 0.380 e. The van der Waals surface area contributed by atoms with E-state index in [0.717, 1.165) is 51.9 Å². The standard InChI is InChI=1S/C22H43N7O4S/c1-22(33-4)13-28(14-22)16-7-8-23-19(9-16)29-12-17(11-25-29)34(30,31)26-20-18(32-3)6-5-15-10-24-27(2)21(15)20/h15-21,23-26H,5-14H2,1-4H3. The molecular weight excluding hydrogens is 458 g/mol. The number of fused-ring (bicyclic) bond motifs is 1. The number of hydrazine groups is 2. The molecule has 12 heteroatoms. The van der Waals surface area contributed by atoms with Gasteiger partial charge in [0.1, 0.15) is 5.25 Å². The van der Waals surface area contributed by atoms with Crippen LogP contribution in [0.25, 0.3) is 0 Å². The molecule has 4 heterocycles. The molecule has 5 fully saturated rings. The number of sulfonamides is 1. The summed E-state index contributed by atoms with van der Waals surface area (Å²) >= 11 is 0. The van der Waals surface area contributed by atoms with Crippen molar-refractivity contribution in [2.45, 2.75) is 73.9 Å². The minimum atomic E-state index is -3.52. The number of nitrogens with zero attached hydrogens (tertiary/aromatic N) is 3. The van der Waals surface area contributed by atoms with Gasteiger partial charge in [-0.1, -0.05) is 0 Å². The first kappa shape index (κ1) is 25.2. The van der Waals surface area contributed by atoms with Gasteiger partial charge in [0.2, 0.25) is 10.0 Å². The van der Waals surface area contributed by atoms with Crippen molar-refractivity contribution in [2.75, 3.05) is 60.5 Å². The van der Waals surface area contributed by atoms with Gasteiger partial charge in [-0.15, -0.1) is 0 Å². The van der Waals surface area contributed by atoms with Crippen LogP contribution in [-0.4, -0.2) is 125 Å². The highest BCUT2D eigenvalue weighted by Gasteiger charge is 2.49. The quantitative estimate of drug-likeness (QED) is 0.329. The third-order valence-electron chi connectivity index (χ3n) is 8.90. The predicted octanol–water partition coefficient (Wildman–Crippen LogP) is -1.49. The first-order valence-electron chi connectivity index (χ1n) is 12.8. The third-order valence-corrected chi connectivity index (χ3v) is 10.7. The van der Waals surface area contributed by atoms with Crippen LogP contribution >= 0.6 is 0 Å². The molecule has 7 unspecified atom stereocenters. The molecule has 4 N–H and O–H groups in total. The second-order valence-electron chi connectivity index (χ2n) is 11.1. The highest BCUT2D eigenvalue weighted by Crippen LogP contribution is 2.34. The van der Waals surface area contributed by atoms with Gasteiger partial charge in [0, 0.05) is 66.1 Å². The smallest absolute Gasteiger partial charge is 0.217 e. The average molecular weight is 502 g/mol. The molecule has 0 aromatic rings. The Hall–Kier alpha value is -0.410. The first-order valence-corrected chi connectivity index (χ1v) is 14.3. The average Bonchev–Trinajstić information content (AvgIpc) is 3.45. The monoisotopic (exact) mass is 501 g/mol. The molecule has 1 saturated carbocycles. The lowest BCUT2D eigenvalue weighted by atomic mass is 9.80. The number of hydrogen-bond acceptors (Lipinski definition) is 10. The van der Waals surface area contributed by atoms with E-state index in [1.54, 1.807) is 14.2 Å². The van der Waals surface area contributed by atoms with Crippen LogP contribution in [0.4, 0.5) is 0 Å². The van der Waals surface area contributed by atoms with E-state index in [0.29, 0.717) is 25.0 Å². The topological polar surface area (TPSA) is 110 Å². The molecule has 0 aromatic carbocycles. The van der Waals surface area contributed by atoms with Crippen molar-refractivity contribution in [1.29, 1.82) is 0 Å². The van der Waals surface area contributed by atoms with Crippen LogP contribution in [0.15, 0.2) is 0 Å². The van der Waals surface area contributed by atoms with Crippen LogP contribution in [0.1, 0.15) is 32.6 Å². The lowest BCUT2D eigenvalue weighted by Crippen LogP contribution is -2.67. The summed E-state index contributed by atoms with van der Waals surface area (Å²) in [5, 5.41) is 7.27. The molecule has 0 radical (unpaired) electrons. The molecule has 4 saturated heterocycles. The Morgan fingerprint density at radius 3 is 2.62 bits per heavy atom. The molecule has 0 bridgehead atoms. The molecule has 5 rings (SSSR count). The Morgan fingerprint density at radius 2 is 1.88 bits per heavy atom. The molecule has 5 aliphatic rings. The van der Waals surface area contributed by atoms with Crippen LogP contribution in [0, 0.1) is 5.92 Å². The normalized spacial score (nSPS) is 41.9. The van der Waals surface area contributed by atoms with Crippen LogP contribution in [-0.2, 0) is 19.5 Å². The molecule has 4 aliphatic heterocycles. The van der Waals surface area contributed by atoms with Gasteiger partial charge in [-0.3, -0.25) is 15.8 Å². The summed E-state index contributed by atoms with van der Waals surface area (Å²) in [6.07, 6.45) is 4.02. The van der Waals surface area contributed by atoms with Crippen LogP contribution in [0.2, 0.25) is 0 Å². The van der Waals surface area contributed by atoms with Crippen molar-refractivity contribution in [3.63, 3.8) is 0 Å². The van der Waals surface area contributed by atoms with Crippen molar-refractivity contribution in [1.82, 2.24) is 35.8 Å². The third kappa shape index (κ3) is 4.79. The summed E-state index contributed by atoms with van der Waals surface area (Å²) in [7, 11) is 1.95. The van der Waals surface area contributed by atoms with Gasteiger partial charge < -0.3 is 14.8 Å². The highest BCUT2D eigenvalue weighted by molar-refractivity contribution is 7.90. The van der Waals surface area contributed by atoms with Gasteiger partial charge in [-0.25, -0.2) is 23.2 Å². The number of likely N-dealkylation sites (tertiary alicyclic amines) is 1. The summed E-state index contributed by atoms with van der Waals surface area (Å²) < 4.78 is 41.4. The van der Waals surface area contributed by atoms with E-state index in [4.69, 9.17) is 9.47 Å². The minimum absolute atomic E-state index is 0.0296. The summed E-state index contributed by atoms with van der Waals surface area (Å²) in [4.78, 5) is 2.50. The second kappa shape index (κ2) is 9.81. The van der Waals surface area contributed by atoms with E-state index in [2.05, 4.69) is 42.7 Å². The Kier molecular flexibility index (Phi) is 7.28. The SMILES string of the molecule is COC1CCC2CNN(C)C2C1NS(=O)(=O)C1CNN(C2CC(N3CC(C)(OC)C3)CCN2)C1. The summed E-state index contributed by atoms with van der Waals surface area (Å²) in [6, 6.07) is 0.354. The van der Waals surface area contributed by atoms with Crippen molar-refractivity contribution in [2.24, 2.45) is 5.92 Å². The number of rotatable bonds is 7. The van der Waals surface area contributed by atoms with E-state index in [-0.39, 0.29) is 30.0 Å². The summed E-state index contributed by atoms with van der Waals surface area (Å²) in [5.74, 6) is 0.437. The molecule has 7 atom stereocenters. The lowest BCUT2D eigenvalue weighted by Gasteiger charge is -2.52. The van der Waals surface area contributed by atoms with E-state index in [1.807, 2.05) is 7.05 Å². The number of piperidine rings is 1. The molecule has 11 nitrogen and oxygen atoms in total. The maximum atomic E-state index is 13.5. The molecule has 0 spiro atoms. The minimum Gasteiger partial charge on any atom is -0.380 e. The fraction of sp³-hybridized carbons (Fsp3) is 1.00. The summed E-state index contributed by atoms with van der Waals surface area (Å²) in [6.45, 7) is 6.81. The van der Waals surface area contributed by atoms with Crippen LogP contribution in [0.3, 0.4) is 0 Å². The zero-order valence-corrected chi connectivity index (χ0v) is 21.8. The van der Waals surface area contributed by atoms with E-state index in [1.165, 1.54) is 0 Å². The second-order valence-corrected chi connectivity index (χ2v) is 13.1.